The molecular weight excluding hydrogens is 450 g/mol. The molecule has 0 aliphatic heterocycles. The van der Waals surface area contributed by atoms with Gasteiger partial charge in [-0.15, -0.1) is 0 Å². The van der Waals surface area contributed by atoms with Gasteiger partial charge in [0.25, 0.3) is 0 Å². The van der Waals surface area contributed by atoms with Crippen LogP contribution in [0.15, 0.2) is 0 Å². The molecule has 0 aliphatic carbocycles. The van der Waals surface area contributed by atoms with Crippen LogP contribution in [-0.4, -0.2) is 115 Å². The molecule has 0 rings (SSSR count). The number of hydrogen-bond acceptors (Lipinski definition) is 10. The minimum atomic E-state index is -1.53. The van der Waals surface area contributed by atoms with E-state index in [0.29, 0.717) is 0 Å². The first-order chi connectivity index (χ1) is 15.5. The quantitative estimate of drug-likeness (QED) is 0.106. The van der Waals surface area contributed by atoms with Crippen LogP contribution < -0.4 is 37.6 Å². The van der Waals surface area contributed by atoms with E-state index >= 15 is 0 Å². The van der Waals surface area contributed by atoms with Crippen LogP contribution >= 0.6 is 0 Å². The molecule has 0 unspecified atom stereocenters. The van der Waals surface area contributed by atoms with E-state index in [4.69, 9.17) is 15.9 Å². The predicted molar refractivity (Wildman–Crippen MR) is 107 cm³/mol. The van der Waals surface area contributed by atoms with Crippen molar-refractivity contribution in [3.8, 4) is 0 Å². The van der Waals surface area contributed by atoms with E-state index < -0.39 is 92.9 Å². The Hall–Kier alpha value is -3.83. The SMILES string of the molecule is NCC(=O)NCC(=O)N[C@@H](CO)C(=O)NCC(=O)NCC(=O)NCC(=O)N[C@@H](CO)C(=O)O. The Labute approximate surface area is 186 Å². The van der Waals surface area contributed by atoms with Crippen molar-refractivity contribution in [1.29, 1.82) is 0 Å². The number of nitrogens with two attached hydrogens (primary N) is 1. The van der Waals surface area contributed by atoms with Crippen molar-refractivity contribution in [3.05, 3.63) is 0 Å². The second-order valence-electron chi connectivity index (χ2n) is 6.20. The molecule has 0 bridgehead atoms. The highest BCUT2D eigenvalue weighted by atomic mass is 16.4. The van der Waals surface area contributed by atoms with Crippen molar-refractivity contribution >= 4 is 41.4 Å². The summed E-state index contributed by atoms with van der Waals surface area (Å²) in [5.41, 5.74) is 5.05. The van der Waals surface area contributed by atoms with Crippen LogP contribution in [0.5, 0.6) is 0 Å². The number of carbonyl (C=O) groups excluding carboxylic acids is 6. The van der Waals surface area contributed by atoms with Crippen molar-refractivity contribution in [2.45, 2.75) is 12.1 Å². The number of rotatable bonds is 15. The first-order valence-electron chi connectivity index (χ1n) is 9.35. The Morgan fingerprint density at radius 2 is 1.00 bits per heavy atom. The van der Waals surface area contributed by atoms with Crippen molar-refractivity contribution in [3.63, 3.8) is 0 Å². The third-order valence-corrected chi connectivity index (χ3v) is 3.60. The lowest BCUT2D eigenvalue weighted by molar-refractivity contribution is -0.142. The molecule has 17 nitrogen and oxygen atoms in total. The Bertz CT molecular complexity index is 745. The summed E-state index contributed by atoms with van der Waals surface area (Å²) in [4.78, 5) is 80.0. The van der Waals surface area contributed by atoms with E-state index in [0.717, 1.165) is 0 Å². The number of amides is 6. The lowest BCUT2D eigenvalue weighted by atomic mass is 10.3. The summed E-state index contributed by atoms with van der Waals surface area (Å²) in [6.07, 6.45) is 0. The molecule has 0 aromatic heterocycles. The molecular formula is C16H27N7O10. The molecule has 0 aromatic rings. The predicted octanol–water partition coefficient (Wildman–Crippen LogP) is -7.55. The molecule has 0 aromatic carbocycles. The van der Waals surface area contributed by atoms with Gasteiger partial charge in [0.15, 0.2) is 0 Å². The smallest absolute Gasteiger partial charge is 0.328 e. The van der Waals surface area contributed by atoms with Crippen LogP contribution in [0.4, 0.5) is 0 Å². The minimum absolute atomic E-state index is 0.341. The van der Waals surface area contributed by atoms with Gasteiger partial charge in [0.05, 0.1) is 45.9 Å². The van der Waals surface area contributed by atoms with Crippen molar-refractivity contribution in [2.24, 2.45) is 5.73 Å². The summed E-state index contributed by atoms with van der Waals surface area (Å²) in [5, 5.41) is 39.3. The van der Waals surface area contributed by atoms with E-state index in [1.807, 2.05) is 5.32 Å². The molecule has 6 amide bonds. The Kier molecular flexibility index (Phi) is 14.1. The highest BCUT2D eigenvalue weighted by Gasteiger charge is 2.21. The normalized spacial score (nSPS) is 11.8. The van der Waals surface area contributed by atoms with E-state index in [-0.39, 0.29) is 6.54 Å². The van der Waals surface area contributed by atoms with Crippen molar-refractivity contribution < 1.29 is 48.9 Å². The van der Waals surface area contributed by atoms with E-state index in [2.05, 4.69) is 26.6 Å². The summed E-state index contributed by atoms with van der Waals surface area (Å²) in [6.45, 7) is -4.27. The lowest BCUT2D eigenvalue weighted by Crippen LogP contribution is -2.53. The summed E-state index contributed by atoms with van der Waals surface area (Å²) in [5.74, 6) is -6.27. The van der Waals surface area contributed by atoms with Crippen LogP contribution in [0.1, 0.15) is 0 Å². The maximum Gasteiger partial charge on any atom is 0.328 e. The van der Waals surface area contributed by atoms with Gasteiger partial charge in [-0.05, 0) is 0 Å². The topological polar surface area (TPSA) is 278 Å². The van der Waals surface area contributed by atoms with Gasteiger partial charge in [-0.25, -0.2) is 4.79 Å². The summed E-state index contributed by atoms with van der Waals surface area (Å²) < 4.78 is 0. The number of aliphatic carboxylic acids is 1. The number of hydrogen-bond donors (Lipinski definition) is 10. The minimum Gasteiger partial charge on any atom is -0.480 e. The average Bonchev–Trinajstić information content (AvgIpc) is 2.79. The molecule has 2 atom stereocenters. The monoisotopic (exact) mass is 477 g/mol. The second kappa shape index (κ2) is 15.9. The first-order valence-corrected chi connectivity index (χ1v) is 9.35. The van der Waals surface area contributed by atoms with Crippen LogP contribution in [0.3, 0.4) is 0 Å². The molecule has 17 heteroatoms. The number of aliphatic hydroxyl groups excluding tert-OH is 2. The summed E-state index contributed by atoms with van der Waals surface area (Å²) in [6, 6.07) is -2.94. The van der Waals surface area contributed by atoms with E-state index in [1.165, 1.54) is 0 Å². The molecule has 0 aliphatic rings. The molecule has 0 radical (unpaired) electrons. The van der Waals surface area contributed by atoms with Gasteiger partial charge in [-0.1, -0.05) is 0 Å². The zero-order chi connectivity index (χ0) is 25.4. The Morgan fingerprint density at radius 1 is 0.606 bits per heavy atom. The van der Waals surface area contributed by atoms with Gasteiger partial charge < -0.3 is 53.0 Å². The maximum atomic E-state index is 11.9. The first kappa shape index (κ1) is 29.2. The molecule has 0 saturated carbocycles. The van der Waals surface area contributed by atoms with Crippen molar-refractivity contribution in [2.75, 3.05) is 45.9 Å². The highest BCUT2D eigenvalue weighted by Crippen LogP contribution is 1.84. The zero-order valence-electron chi connectivity index (χ0n) is 17.4. The zero-order valence-corrected chi connectivity index (χ0v) is 17.4. The maximum absolute atomic E-state index is 11.9. The van der Waals surface area contributed by atoms with E-state index in [1.54, 1.807) is 0 Å². The van der Waals surface area contributed by atoms with Gasteiger partial charge in [0.1, 0.15) is 12.1 Å². The highest BCUT2D eigenvalue weighted by molar-refractivity contribution is 5.93. The van der Waals surface area contributed by atoms with Gasteiger partial charge >= 0.3 is 5.97 Å². The fourth-order valence-corrected chi connectivity index (χ4v) is 1.89. The van der Waals surface area contributed by atoms with Crippen LogP contribution in [0.25, 0.3) is 0 Å². The largest absolute Gasteiger partial charge is 0.480 e. The van der Waals surface area contributed by atoms with Crippen LogP contribution in [0.2, 0.25) is 0 Å². The fraction of sp³-hybridized carbons (Fsp3) is 0.562. The third-order valence-electron chi connectivity index (χ3n) is 3.60. The fourth-order valence-electron chi connectivity index (χ4n) is 1.89. The second-order valence-corrected chi connectivity index (χ2v) is 6.20. The van der Waals surface area contributed by atoms with Crippen molar-refractivity contribution in [1.82, 2.24) is 31.9 Å². The number of carboxylic acids is 1. The average molecular weight is 477 g/mol. The Balaban J connectivity index is 4.25. The molecule has 0 fully saturated rings. The van der Waals surface area contributed by atoms with Gasteiger partial charge in [0.2, 0.25) is 35.4 Å². The number of nitrogens with one attached hydrogen (secondary N) is 6. The number of aliphatic hydroxyl groups is 2. The number of carboxylic acid groups (broad SMARTS) is 1. The summed E-state index contributed by atoms with van der Waals surface area (Å²) >= 11 is 0. The standard InChI is InChI=1S/C16H27N7O10/c17-1-10(26)18-4-13(29)22-8(6-24)15(31)21-3-12(28)19-2-11(27)20-5-14(30)23-9(7-25)16(32)33/h8-9,24-25H,1-7,17H2,(H,18,26)(H,19,28)(H,20,27)(H,21,31)(H,22,29)(H,23,30)(H,32,33)/t8-,9-/m0/s1. The third kappa shape index (κ3) is 13.2. The molecule has 11 N–H and O–H groups in total. The molecule has 33 heavy (non-hydrogen) atoms. The molecule has 0 heterocycles. The van der Waals surface area contributed by atoms with E-state index in [9.17, 15) is 38.7 Å². The Morgan fingerprint density at radius 3 is 1.42 bits per heavy atom. The van der Waals surface area contributed by atoms with Crippen LogP contribution in [0, 0.1) is 0 Å². The molecule has 186 valence electrons. The van der Waals surface area contributed by atoms with Gasteiger partial charge in [0, 0.05) is 0 Å². The summed E-state index contributed by atoms with van der Waals surface area (Å²) in [7, 11) is 0. The molecule has 0 saturated heterocycles. The lowest BCUT2D eigenvalue weighted by Gasteiger charge is -2.16. The van der Waals surface area contributed by atoms with Crippen LogP contribution in [-0.2, 0) is 33.6 Å². The number of carbonyl (C=O) groups is 7. The molecule has 0 spiro atoms. The van der Waals surface area contributed by atoms with Gasteiger partial charge in [-0.2, -0.15) is 0 Å². The van der Waals surface area contributed by atoms with Gasteiger partial charge in [-0.3, -0.25) is 28.8 Å².